The summed E-state index contributed by atoms with van der Waals surface area (Å²) in [7, 11) is 6.12. The first-order valence-electron chi connectivity index (χ1n) is 7.30. The Labute approximate surface area is 141 Å². The van der Waals surface area contributed by atoms with Crippen molar-refractivity contribution in [3.63, 3.8) is 0 Å². The van der Waals surface area contributed by atoms with E-state index in [0.717, 1.165) is 11.3 Å². The zero-order valence-corrected chi connectivity index (χ0v) is 14.2. The van der Waals surface area contributed by atoms with Gasteiger partial charge in [0, 0.05) is 0 Å². The highest BCUT2D eigenvalue weighted by atomic mass is 16.5. The van der Waals surface area contributed by atoms with Gasteiger partial charge in [-0.05, 0) is 35.9 Å². The van der Waals surface area contributed by atoms with Gasteiger partial charge in [-0.2, -0.15) is 0 Å². The van der Waals surface area contributed by atoms with Gasteiger partial charge < -0.3 is 18.9 Å². The third-order valence-electron chi connectivity index (χ3n) is 3.49. The van der Waals surface area contributed by atoms with Gasteiger partial charge in [-0.3, -0.25) is 4.79 Å². The Kier molecular flexibility index (Phi) is 5.84. The van der Waals surface area contributed by atoms with Crippen molar-refractivity contribution in [1.82, 2.24) is 0 Å². The molecule has 0 spiro atoms. The van der Waals surface area contributed by atoms with Crippen molar-refractivity contribution in [2.24, 2.45) is 0 Å². The van der Waals surface area contributed by atoms with Crippen molar-refractivity contribution >= 4 is 11.9 Å². The SMILES string of the molecule is COc1cccc(/C=C/C(=O)c2ccc(OC)c(OC)c2OC)c1. The number of carbonyl (C=O) groups is 1. The number of carbonyl (C=O) groups excluding carboxylic acids is 1. The molecule has 2 rings (SSSR count). The van der Waals surface area contributed by atoms with Crippen molar-refractivity contribution in [3.05, 3.63) is 53.6 Å². The van der Waals surface area contributed by atoms with E-state index in [1.165, 1.54) is 27.4 Å². The fourth-order valence-corrected chi connectivity index (χ4v) is 2.30. The second kappa shape index (κ2) is 8.06. The highest BCUT2D eigenvalue weighted by Crippen LogP contribution is 2.40. The molecule has 5 nitrogen and oxygen atoms in total. The molecule has 2 aromatic carbocycles. The molecule has 0 N–H and O–H groups in total. The molecule has 0 amide bonds. The van der Waals surface area contributed by atoms with Crippen LogP contribution in [0.1, 0.15) is 15.9 Å². The number of benzene rings is 2. The van der Waals surface area contributed by atoms with Gasteiger partial charge in [0.2, 0.25) is 5.75 Å². The Morgan fingerprint density at radius 3 is 2.25 bits per heavy atom. The van der Waals surface area contributed by atoms with E-state index < -0.39 is 0 Å². The van der Waals surface area contributed by atoms with Gasteiger partial charge in [-0.15, -0.1) is 0 Å². The molecule has 0 aliphatic rings. The summed E-state index contributed by atoms with van der Waals surface area (Å²) in [6.07, 6.45) is 3.21. The first kappa shape index (κ1) is 17.4. The third-order valence-corrected chi connectivity index (χ3v) is 3.49. The monoisotopic (exact) mass is 328 g/mol. The van der Waals surface area contributed by atoms with E-state index in [1.807, 2.05) is 24.3 Å². The molecular formula is C19H20O5. The minimum absolute atomic E-state index is 0.198. The van der Waals surface area contributed by atoms with Crippen molar-refractivity contribution in [1.29, 1.82) is 0 Å². The largest absolute Gasteiger partial charge is 0.497 e. The summed E-state index contributed by atoms with van der Waals surface area (Å²) in [5.74, 6) is 1.77. The highest BCUT2D eigenvalue weighted by Gasteiger charge is 2.19. The molecule has 5 heteroatoms. The highest BCUT2D eigenvalue weighted by molar-refractivity contribution is 6.09. The number of rotatable bonds is 7. The molecule has 0 saturated carbocycles. The molecule has 0 aliphatic heterocycles. The molecule has 24 heavy (non-hydrogen) atoms. The van der Waals surface area contributed by atoms with Crippen LogP contribution in [-0.4, -0.2) is 34.2 Å². The lowest BCUT2D eigenvalue weighted by Gasteiger charge is -2.14. The maximum absolute atomic E-state index is 12.5. The molecule has 0 aliphatic carbocycles. The van der Waals surface area contributed by atoms with E-state index in [4.69, 9.17) is 18.9 Å². The molecule has 2 aromatic rings. The van der Waals surface area contributed by atoms with Crippen LogP contribution in [0.3, 0.4) is 0 Å². The van der Waals surface area contributed by atoms with Crippen molar-refractivity contribution < 1.29 is 23.7 Å². The second-order valence-corrected chi connectivity index (χ2v) is 4.86. The topological polar surface area (TPSA) is 54.0 Å². The molecule has 0 saturated heterocycles. The van der Waals surface area contributed by atoms with E-state index in [1.54, 1.807) is 25.3 Å². The summed E-state index contributed by atoms with van der Waals surface area (Å²) in [6.45, 7) is 0. The van der Waals surface area contributed by atoms with E-state index in [9.17, 15) is 4.79 Å². The van der Waals surface area contributed by atoms with Gasteiger partial charge in [0.25, 0.3) is 0 Å². The van der Waals surface area contributed by atoms with Crippen molar-refractivity contribution in [2.45, 2.75) is 0 Å². The molecule has 0 unspecified atom stereocenters. The molecule has 0 bridgehead atoms. The van der Waals surface area contributed by atoms with Gasteiger partial charge in [0.15, 0.2) is 17.3 Å². The van der Waals surface area contributed by atoms with Crippen LogP contribution in [0.2, 0.25) is 0 Å². The predicted molar refractivity (Wildman–Crippen MR) is 92.5 cm³/mol. The second-order valence-electron chi connectivity index (χ2n) is 4.86. The Morgan fingerprint density at radius 1 is 0.875 bits per heavy atom. The van der Waals surface area contributed by atoms with E-state index in [0.29, 0.717) is 22.8 Å². The van der Waals surface area contributed by atoms with Gasteiger partial charge in [0.1, 0.15) is 5.75 Å². The molecular weight excluding hydrogens is 308 g/mol. The summed E-state index contributed by atoms with van der Waals surface area (Å²) in [5, 5.41) is 0. The lowest BCUT2D eigenvalue weighted by atomic mass is 10.1. The summed E-state index contributed by atoms with van der Waals surface area (Å²) in [4.78, 5) is 12.5. The van der Waals surface area contributed by atoms with Crippen LogP contribution in [0.4, 0.5) is 0 Å². The maximum atomic E-state index is 12.5. The first-order valence-corrected chi connectivity index (χ1v) is 7.30. The number of hydrogen-bond acceptors (Lipinski definition) is 5. The Hall–Kier alpha value is -2.95. The van der Waals surface area contributed by atoms with E-state index in [2.05, 4.69) is 0 Å². The Balaban J connectivity index is 2.33. The van der Waals surface area contributed by atoms with Crippen LogP contribution in [0.15, 0.2) is 42.5 Å². The standard InChI is InChI=1S/C19H20O5/c1-21-14-7-5-6-13(12-14)8-10-16(20)15-9-11-17(22-2)19(24-4)18(15)23-3/h5-12H,1-4H3/b10-8+. The van der Waals surface area contributed by atoms with Crippen LogP contribution in [-0.2, 0) is 0 Å². The summed E-state index contributed by atoms with van der Waals surface area (Å²) in [6, 6.07) is 10.8. The first-order chi connectivity index (χ1) is 11.6. The summed E-state index contributed by atoms with van der Waals surface area (Å²) < 4.78 is 21.0. The molecule has 0 atom stereocenters. The van der Waals surface area contributed by atoms with E-state index in [-0.39, 0.29) is 5.78 Å². The molecule has 0 fully saturated rings. The average Bonchev–Trinajstić information content (AvgIpc) is 2.64. The minimum Gasteiger partial charge on any atom is -0.497 e. The zero-order valence-electron chi connectivity index (χ0n) is 14.2. The number of ketones is 1. The molecule has 126 valence electrons. The van der Waals surface area contributed by atoms with Crippen LogP contribution >= 0.6 is 0 Å². The Bertz CT molecular complexity index is 749. The van der Waals surface area contributed by atoms with Crippen LogP contribution in [0.25, 0.3) is 6.08 Å². The smallest absolute Gasteiger partial charge is 0.204 e. The predicted octanol–water partition coefficient (Wildman–Crippen LogP) is 3.62. The maximum Gasteiger partial charge on any atom is 0.204 e. The average molecular weight is 328 g/mol. The summed E-state index contributed by atoms with van der Waals surface area (Å²) >= 11 is 0. The lowest BCUT2D eigenvalue weighted by molar-refractivity contribution is 0.104. The quantitative estimate of drug-likeness (QED) is 0.574. The number of allylic oxidation sites excluding steroid dienone is 1. The minimum atomic E-state index is -0.198. The zero-order chi connectivity index (χ0) is 17.5. The van der Waals surface area contributed by atoms with Crippen molar-refractivity contribution in [2.75, 3.05) is 28.4 Å². The van der Waals surface area contributed by atoms with Gasteiger partial charge in [-0.25, -0.2) is 0 Å². The van der Waals surface area contributed by atoms with Crippen molar-refractivity contribution in [3.8, 4) is 23.0 Å². The number of hydrogen-bond donors (Lipinski definition) is 0. The normalized spacial score (nSPS) is 10.5. The third kappa shape index (κ3) is 3.68. The molecule has 0 heterocycles. The number of ether oxygens (including phenoxy) is 4. The van der Waals surface area contributed by atoms with Crippen LogP contribution in [0.5, 0.6) is 23.0 Å². The van der Waals surface area contributed by atoms with Gasteiger partial charge in [-0.1, -0.05) is 18.2 Å². The Morgan fingerprint density at radius 2 is 1.62 bits per heavy atom. The summed E-state index contributed by atoms with van der Waals surface area (Å²) in [5.41, 5.74) is 1.26. The lowest BCUT2D eigenvalue weighted by Crippen LogP contribution is -2.02. The van der Waals surface area contributed by atoms with Crippen LogP contribution in [0, 0.1) is 0 Å². The molecule has 0 radical (unpaired) electrons. The van der Waals surface area contributed by atoms with E-state index >= 15 is 0 Å². The molecule has 0 aromatic heterocycles. The van der Waals surface area contributed by atoms with Gasteiger partial charge >= 0.3 is 0 Å². The fraction of sp³-hybridized carbons (Fsp3) is 0.211. The van der Waals surface area contributed by atoms with Gasteiger partial charge in [0.05, 0.1) is 34.0 Å². The fourth-order valence-electron chi connectivity index (χ4n) is 2.30. The van der Waals surface area contributed by atoms with Crippen LogP contribution < -0.4 is 18.9 Å². The number of methoxy groups -OCH3 is 4.